The summed E-state index contributed by atoms with van der Waals surface area (Å²) in [5.74, 6) is 2.14. The van der Waals surface area contributed by atoms with Crippen LogP contribution >= 0.6 is 0 Å². The number of rotatable bonds is 7. The van der Waals surface area contributed by atoms with Crippen molar-refractivity contribution in [3.63, 3.8) is 0 Å². The van der Waals surface area contributed by atoms with E-state index >= 15 is 0 Å². The average Bonchev–Trinajstić information content (AvgIpc) is 2.80. The Morgan fingerprint density at radius 2 is 1.84 bits per heavy atom. The van der Waals surface area contributed by atoms with Gasteiger partial charge in [0, 0.05) is 24.5 Å². The van der Waals surface area contributed by atoms with Gasteiger partial charge in [-0.25, -0.2) is 9.97 Å². The lowest BCUT2D eigenvalue weighted by molar-refractivity contribution is -0.119. The molecule has 1 fully saturated rings. The number of hydrogen-bond donors (Lipinski definition) is 2. The fraction of sp³-hybridized carbons (Fsp3) is 0.292. The minimum absolute atomic E-state index is 0.0651. The Balaban J connectivity index is 1.35. The maximum Gasteiger partial charge on any atom is 0.238 e. The van der Waals surface area contributed by atoms with Crippen molar-refractivity contribution in [1.82, 2.24) is 14.9 Å². The quantitative estimate of drug-likeness (QED) is 0.589. The van der Waals surface area contributed by atoms with E-state index in [9.17, 15) is 4.79 Å². The summed E-state index contributed by atoms with van der Waals surface area (Å²) in [4.78, 5) is 23.7. The third-order valence-electron chi connectivity index (χ3n) is 5.14. The molecule has 3 aromatic rings. The first-order valence-corrected chi connectivity index (χ1v) is 10.5. The van der Waals surface area contributed by atoms with Crippen molar-refractivity contribution in [2.45, 2.75) is 13.0 Å². The Morgan fingerprint density at radius 1 is 1.09 bits per heavy atom. The lowest BCUT2D eigenvalue weighted by Crippen LogP contribution is -2.42. The highest BCUT2D eigenvalue weighted by molar-refractivity contribution is 5.92. The van der Waals surface area contributed by atoms with Crippen LogP contribution in [0.4, 0.5) is 17.3 Å². The lowest BCUT2D eigenvalue weighted by atomic mass is 10.2. The first-order chi connectivity index (χ1) is 15.6. The van der Waals surface area contributed by atoms with E-state index in [0.29, 0.717) is 25.5 Å². The van der Waals surface area contributed by atoms with Gasteiger partial charge in [0.15, 0.2) is 0 Å². The number of methoxy groups -OCH3 is 1. The number of nitrogens with one attached hydrogen (secondary N) is 2. The van der Waals surface area contributed by atoms with Crippen molar-refractivity contribution < 1.29 is 14.3 Å². The SMILES string of the molecule is COc1ccc(NC(=O)CN2CCOC(c3cccc(Nc4cccc(C)n4)n3)C2)cc1. The zero-order valence-electron chi connectivity index (χ0n) is 18.2. The number of hydrogen-bond acceptors (Lipinski definition) is 7. The van der Waals surface area contributed by atoms with E-state index in [1.54, 1.807) is 7.11 Å². The summed E-state index contributed by atoms with van der Waals surface area (Å²) in [7, 11) is 1.61. The fourth-order valence-corrected chi connectivity index (χ4v) is 3.55. The molecule has 1 amide bonds. The van der Waals surface area contributed by atoms with Gasteiger partial charge in [-0.05, 0) is 55.5 Å². The maximum absolute atomic E-state index is 12.5. The molecule has 0 bridgehead atoms. The zero-order chi connectivity index (χ0) is 22.3. The summed E-state index contributed by atoms with van der Waals surface area (Å²) in [6, 6.07) is 18.9. The van der Waals surface area contributed by atoms with Gasteiger partial charge >= 0.3 is 0 Å². The number of carbonyl (C=O) groups is 1. The lowest BCUT2D eigenvalue weighted by Gasteiger charge is -2.32. The van der Waals surface area contributed by atoms with Crippen LogP contribution in [0.3, 0.4) is 0 Å². The molecule has 2 N–H and O–H groups in total. The molecule has 32 heavy (non-hydrogen) atoms. The molecule has 1 unspecified atom stereocenters. The van der Waals surface area contributed by atoms with Gasteiger partial charge in [-0.3, -0.25) is 9.69 Å². The second-order valence-corrected chi connectivity index (χ2v) is 7.61. The van der Waals surface area contributed by atoms with Gasteiger partial charge < -0.3 is 20.1 Å². The summed E-state index contributed by atoms with van der Waals surface area (Å²) in [5, 5.41) is 6.17. The van der Waals surface area contributed by atoms with Gasteiger partial charge in [-0.1, -0.05) is 12.1 Å². The molecular weight excluding hydrogens is 406 g/mol. The molecular formula is C24H27N5O3. The van der Waals surface area contributed by atoms with E-state index in [2.05, 4.69) is 20.5 Å². The van der Waals surface area contributed by atoms with Crippen LogP contribution in [0, 0.1) is 6.92 Å². The minimum atomic E-state index is -0.204. The number of aromatic nitrogens is 2. The third-order valence-corrected chi connectivity index (χ3v) is 5.14. The molecule has 0 radical (unpaired) electrons. The van der Waals surface area contributed by atoms with Crippen molar-refractivity contribution in [1.29, 1.82) is 0 Å². The molecule has 0 aliphatic carbocycles. The summed E-state index contributed by atoms with van der Waals surface area (Å²) in [6.45, 7) is 4.06. The summed E-state index contributed by atoms with van der Waals surface area (Å²) in [5.41, 5.74) is 2.50. The number of morpholine rings is 1. The Kier molecular flexibility index (Phi) is 6.94. The van der Waals surface area contributed by atoms with Gasteiger partial charge in [0.25, 0.3) is 0 Å². The molecule has 1 aromatic carbocycles. The maximum atomic E-state index is 12.5. The average molecular weight is 434 g/mol. The van der Waals surface area contributed by atoms with E-state index < -0.39 is 0 Å². The van der Waals surface area contributed by atoms with Crippen LogP contribution in [0.25, 0.3) is 0 Å². The molecule has 1 aliphatic rings. The first kappa shape index (κ1) is 21.7. The molecule has 0 spiro atoms. The van der Waals surface area contributed by atoms with Crippen LogP contribution in [0.1, 0.15) is 17.5 Å². The molecule has 8 heteroatoms. The van der Waals surface area contributed by atoms with Crippen molar-refractivity contribution in [3.8, 4) is 5.75 Å². The Bertz CT molecular complexity index is 1060. The van der Waals surface area contributed by atoms with Crippen LogP contribution in [-0.2, 0) is 9.53 Å². The van der Waals surface area contributed by atoms with E-state index in [1.807, 2.05) is 67.6 Å². The Labute approximate surface area is 187 Å². The Morgan fingerprint density at radius 3 is 2.59 bits per heavy atom. The molecule has 2 aromatic heterocycles. The van der Waals surface area contributed by atoms with E-state index in [1.165, 1.54) is 0 Å². The molecule has 1 aliphatic heterocycles. The van der Waals surface area contributed by atoms with Crippen LogP contribution in [0.2, 0.25) is 0 Å². The topological polar surface area (TPSA) is 88.6 Å². The number of amides is 1. The minimum Gasteiger partial charge on any atom is -0.497 e. The zero-order valence-corrected chi connectivity index (χ0v) is 18.2. The second-order valence-electron chi connectivity index (χ2n) is 7.61. The number of nitrogens with zero attached hydrogens (tertiary/aromatic N) is 3. The van der Waals surface area contributed by atoms with Crippen LogP contribution in [0.15, 0.2) is 60.7 Å². The molecule has 1 atom stereocenters. The highest BCUT2D eigenvalue weighted by Crippen LogP contribution is 2.23. The summed E-state index contributed by atoms with van der Waals surface area (Å²) >= 11 is 0. The summed E-state index contributed by atoms with van der Waals surface area (Å²) in [6.07, 6.45) is -0.204. The third kappa shape index (κ3) is 5.81. The first-order valence-electron chi connectivity index (χ1n) is 10.5. The highest BCUT2D eigenvalue weighted by atomic mass is 16.5. The van der Waals surface area contributed by atoms with Crippen molar-refractivity contribution >= 4 is 23.2 Å². The van der Waals surface area contributed by atoms with Gasteiger partial charge in [-0.15, -0.1) is 0 Å². The summed E-state index contributed by atoms with van der Waals surface area (Å²) < 4.78 is 11.1. The van der Waals surface area contributed by atoms with Crippen LogP contribution in [0.5, 0.6) is 5.75 Å². The van der Waals surface area contributed by atoms with Crippen LogP contribution in [-0.4, -0.2) is 54.1 Å². The number of ether oxygens (including phenoxy) is 2. The van der Waals surface area contributed by atoms with E-state index in [0.717, 1.165) is 28.6 Å². The van der Waals surface area contributed by atoms with Gasteiger partial charge in [-0.2, -0.15) is 0 Å². The highest BCUT2D eigenvalue weighted by Gasteiger charge is 2.24. The van der Waals surface area contributed by atoms with Gasteiger partial charge in [0.05, 0.1) is 26.0 Å². The molecule has 4 rings (SSSR count). The van der Waals surface area contributed by atoms with E-state index in [4.69, 9.17) is 14.5 Å². The molecule has 8 nitrogen and oxygen atoms in total. The largest absolute Gasteiger partial charge is 0.497 e. The van der Waals surface area contributed by atoms with Crippen molar-refractivity contribution in [3.05, 3.63) is 72.1 Å². The van der Waals surface area contributed by atoms with Crippen LogP contribution < -0.4 is 15.4 Å². The van der Waals surface area contributed by atoms with Crippen molar-refractivity contribution in [2.24, 2.45) is 0 Å². The van der Waals surface area contributed by atoms with Crippen molar-refractivity contribution in [2.75, 3.05) is 44.0 Å². The number of carbonyl (C=O) groups excluding carboxylic acids is 1. The second kappa shape index (κ2) is 10.2. The normalized spacial score (nSPS) is 16.4. The smallest absolute Gasteiger partial charge is 0.238 e. The molecule has 1 saturated heterocycles. The predicted octanol–water partition coefficient (Wildman–Crippen LogP) is 3.55. The van der Waals surface area contributed by atoms with Gasteiger partial charge in [0.1, 0.15) is 23.5 Å². The number of aryl methyl sites for hydroxylation is 1. The predicted molar refractivity (Wildman–Crippen MR) is 123 cm³/mol. The number of benzene rings is 1. The molecule has 3 heterocycles. The number of pyridine rings is 2. The number of anilines is 3. The van der Waals surface area contributed by atoms with Gasteiger partial charge in [0.2, 0.25) is 5.91 Å². The Hall–Kier alpha value is -3.49. The molecule has 166 valence electrons. The fourth-order valence-electron chi connectivity index (χ4n) is 3.55. The molecule has 0 saturated carbocycles. The van der Waals surface area contributed by atoms with E-state index in [-0.39, 0.29) is 18.6 Å². The standard InChI is InChI=1S/C24H27N5O3/c1-17-5-3-7-22(25-17)28-23-8-4-6-20(27-23)21-15-29(13-14-32-21)16-24(30)26-18-9-11-19(31-2)12-10-18/h3-12,21H,13-16H2,1-2H3,(H,26,30)(H,25,27,28). The monoisotopic (exact) mass is 433 g/mol.